The summed E-state index contributed by atoms with van der Waals surface area (Å²) in [5, 5.41) is 6.68. The summed E-state index contributed by atoms with van der Waals surface area (Å²) in [6.07, 6.45) is 4.76. The molecule has 0 radical (unpaired) electrons. The van der Waals surface area contributed by atoms with Crippen molar-refractivity contribution in [1.82, 2.24) is 20.5 Å². The Hall–Kier alpha value is -2.96. The molecule has 0 bridgehead atoms. The van der Waals surface area contributed by atoms with Gasteiger partial charge in [-0.15, -0.1) is 0 Å². The van der Waals surface area contributed by atoms with Crippen LogP contribution in [0.3, 0.4) is 0 Å². The summed E-state index contributed by atoms with van der Waals surface area (Å²) in [6.45, 7) is 6.67. The Balaban J connectivity index is 1.35. The largest absolute Gasteiger partial charge is 0.350 e. The minimum absolute atomic E-state index is 0.185. The molecule has 2 N–H and O–H groups in total. The molecule has 2 aromatic rings. The van der Waals surface area contributed by atoms with Crippen molar-refractivity contribution in [1.29, 1.82) is 0 Å². The molecule has 31 heavy (non-hydrogen) atoms. The minimum atomic E-state index is -0.846. The lowest BCUT2D eigenvalue weighted by atomic mass is 9.67. The van der Waals surface area contributed by atoms with E-state index in [9.17, 15) is 14.4 Å². The molecule has 0 atom stereocenters. The Labute approximate surface area is 182 Å². The maximum Gasteiger partial charge on any atom is 0.325 e. The van der Waals surface area contributed by atoms with Gasteiger partial charge in [0, 0.05) is 18.1 Å². The van der Waals surface area contributed by atoms with Crippen LogP contribution in [0.2, 0.25) is 0 Å². The molecule has 2 heterocycles. The van der Waals surface area contributed by atoms with Crippen LogP contribution in [0.5, 0.6) is 0 Å². The molecule has 2 aliphatic rings. The summed E-state index contributed by atoms with van der Waals surface area (Å²) in [7, 11) is 0. The summed E-state index contributed by atoms with van der Waals surface area (Å²) in [5.74, 6) is -0.111. The van der Waals surface area contributed by atoms with E-state index in [1.807, 2.05) is 30.3 Å². The number of hydrogen-bond donors (Lipinski definition) is 2. The highest BCUT2D eigenvalue weighted by molar-refractivity contribution is 6.09. The van der Waals surface area contributed by atoms with Crippen molar-refractivity contribution in [2.75, 3.05) is 6.54 Å². The number of imide groups is 1. The van der Waals surface area contributed by atoms with E-state index in [4.69, 9.17) is 0 Å². The third kappa shape index (κ3) is 4.27. The molecule has 1 aromatic carbocycles. The Kier molecular flexibility index (Phi) is 5.45. The smallest absolute Gasteiger partial charge is 0.325 e. The van der Waals surface area contributed by atoms with Crippen LogP contribution in [0.4, 0.5) is 4.79 Å². The first-order chi connectivity index (χ1) is 14.7. The second kappa shape index (κ2) is 7.94. The summed E-state index contributed by atoms with van der Waals surface area (Å²) in [4.78, 5) is 43.5. The van der Waals surface area contributed by atoms with Gasteiger partial charge in [-0.3, -0.25) is 19.5 Å². The van der Waals surface area contributed by atoms with Crippen molar-refractivity contribution in [3.8, 4) is 0 Å². The maximum atomic E-state index is 13.1. The van der Waals surface area contributed by atoms with Gasteiger partial charge in [0.15, 0.2) is 0 Å². The number of urea groups is 1. The zero-order chi connectivity index (χ0) is 22.2. The van der Waals surface area contributed by atoms with Gasteiger partial charge in [-0.25, -0.2) is 4.79 Å². The molecule has 1 spiro atoms. The first-order valence-corrected chi connectivity index (χ1v) is 10.9. The van der Waals surface area contributed by atoms with Crippen LogP contribution in [-0.2, 0) is 16.1 Å². The third-order valence-electron chi connectivity index (χ3n) is 6.75. The number of benzene rings is 1. The molecule has 7 heteroatoms. The number of fused-ring (bicyclic) bond motifs is 1. The van der Waals surface area contributed by atoms with Crippen molar-refractivity contribution < 1.29 is 14.4 Å². The lowest BCUT2D eigenvalue weighted by molar-refractivity contribution is -0.136. The second-order valence-corrected chi connectivity index (χ2v) is 9.86. The number of carbonyl (C=O) groups excluding carboxylic acids is 3. The van der Waals surface area contributed by atoms with Crippen LogP contribution in [-0.4, -0.2) is 39.8 Å². The predicted octanol–water partition coefficient (Wildman–Crippen LogP) is 3.38. The van der Waals surface area contributed by atoms with Gasteiger partial charge in [0.1, 0.15) is 12.1 Å². The fraction of sp³-hybridized carbons (Fsp3) is 0.500. The molecule has 0 unspecified atom stereocenters. The number of carbonyl (C=O) groups is 3. The quantitative estimate of drug-likeness (QED) is 0.739. The Bertz CT molecular complexity index is 1020. The van der Waals surface area contributed by atoms with E-state index in [0.717, 1.165) is 34.2 Å². The second-order valence-electron chi connectivity index (χ2n) is 9.86. The monoisotopic (exact) mass is 422 g/mol. The average Bonchev–Trinajstić information content (AvgIpc) is 2.95. The highest BCUT2D eigenvalue weighted by atomic mass is 16.2. The number of amides is 4. The summed E-state index contributed by atoms with van der Waals surface area (Å²) in [5.41, 5.74) is 1.09. The fourth-order valence-electron chi connectivity index (χ4n) is 4.75. The fourth-order valence-corrected chi connectivity index (χ4v) is 4.75. The first-order valence-electron chi connectivity index (χ1n) is 10.9. The summed E-state index contributed by atoms with van der Waals surface area (Å²) < 4.78 is 0. The molecule has 164 valence electrons. The number of hydrogen-bond acceptors (Lipinski definition) is 4. The SMILES string of the molecule is CC(C)(C)C1CCC2(CC1)NC(=O)N(CC(=O)NCc1cnc3ccccc3c1)C2=O. The molecular formula is C24H30N4O3. The van der Waals surface area contributed by atoms with E-state index < -0.39 is 11.6 Å². The van der Waals surface area contributed by atoms with Crippen molar-refractivity contribution in [3.05, 3.63) is 42.1 Å². The standard InChI is InChI=1S/C24H30N4O3/c1-23(2,3)18-8-10-24(11-9-18)21(30)28(22(31)27-24)15-20(29)26-14-16-12-17-6-4-5-7-19(17)25-13-16/h4-7,12-13,18H,8-11,14-15H2,1-3H3,(H,26,29)(H,27,31). The molecule has 1 saturated heterocycles. The van der Waals surface area contributed by atoms with Crippen molar-refractivity contribution in [3.63, 3.8) is 0 Å². The van der Waals surface area contributed by atoms with Crippen molar-refractivity contribution in [2.24, 2.45) is 11.3 Å². The lowest BCUT2D eigenvalue weighted by Gasteiger charge is -2.40. The third-order valence-corrected chi connectivity index (χ3v) is 6.75. The van der Waals surface area contributed by atoms with Gasteiger partial charge < -0.3 is 10.6 Å². The maximum absolute atomic E-state index is 13.1. The van der Waals surface area contributed by atoms with Gasteiger partial charge in [0.05, 0.1) is 5.52 Å². The van der Waals surface area contributed by atoms with Crippen molar-refractivity contribution >= 4 is 28.7 Å². The zero-order valence-corrected chi connectivity index (χ0v) is 18.4. The zero-order valence-electron chi connectivity index (χ0n) is 18.4. The molecule has 1 saturated carbocycles. The van der Waals surface area contributed by atoms with E-state index in [1.54, 1.807) is 6.20 Å². The molecule has 1 aliphatic heterocycles. The molecule has 1 aliphatic carbocycles. The van der Waals surface area contributed by atoms with Gasteiger partial charge in [-0.2, -0.15) is 0 Å². The average molecular weight is 423 g/mol. The Morgan fingerprint density at radius 2 is 1.94 bits per heavy atom. The van der Waals surface area contributed by atoms with Crippen LogP contribution in [0.1, 0.15) is 52.0 Å². The topological polar surface area (TPSA) is 91.4 Å². The Morgan fingerprint density at radius 1 is 1.23 bits per heavy atom. The van der Waals surface area contributed by atoms with E-state index in [-0.39, 0.29) is 23.8 Å². The highest BCUT2D eigenvalue weighted by Crippen LogP contribution is 2.43. The molecule has 4 amide bonds. The van der Waals surface area contributed by atoms with E-state index in [2.05, 4.69) is 36.4 Å². The Morgan fingerprint density at radius 3 is 2.65 bits per heavy atom. The molecule has 4 rings (SSSR count). The number of para-hydroxylation sites is 1. The van der Waals surface area contributed by atoms with Gasteiger partial charge in [0.25, 0.3) is 5.91 Å². The van der Waals surface area contributed by atoms with E-state index in [1.165, 1.54) is 0 Å². The van der Waals surface area contributed by atoms with E-state index in [0.29, 0.717) is 25.3 Å². The van der Waals surface area contributed by atoms with Gasteiger partial charge in [-0.1, -0.05) is 39.0 Å². The molecule has 1 aromatic heterocycles. The van der Waals surface area contributed by atoms with Gasteiger partial charge in [0.2, 0.25) is 5.91 Å². The van der Waals surface area contributed by atoms with Crippen molar-refractivity contribution in [2.45, 2.75) is 58.5 Å². The van der Waals surface area contributed by atoms with Gasteiger partial charge >= 0.3 is 6.03 Å². The van der Waals surface area contributed by atoms with Crippen LogP contribution in [0, 0.1) is 11.3 Å². The predicted molar refractivity (Wildman–Crippen MR) is 118 cm³/mol. The normalized spacial score (nSPS) is 24.0. The number of pyridine rings is 1. The number of aromatic nitrogens is 1. The van der Waals surface area contributed by atoms with Crippen LogP contribution in [0.25, 0.3) is 10.9 Å². The van der Waals surface area contributed by atoms with Crippen LogP contribution in [0.15, 0.2) is 36.5 Å². The highest BCUT2D eigenvalue weighted by Gasteiger charge is 2.53. The van der Waals surface area contributed by atoms with Crippen LogP contribution >= 0.6 is 0 Å². The summed E-state index contributed by atoms with van der Waals surface area (Å²) in [6, 6.07) is 9.27. The van der Waals surface area contributed by atoms with Crippen LogP contribution < -0.4 is 10.6 Å². The lowest BCUT2D eigenvalue weighted by Crippen LogP contribution is -2.51. The molecular weight excluding hydrogens is 392 g/mol. The first kappa shape index (κ1) is 21.3. The molecule has 2 fully saturated rings. The number of nitrogens with zero attached hydrogens (tertiary/aromatic N) is 2. The molecule has 7 nitrogen and oxygen atoms in total. The van der Waals surface area contributed by atoms with E-state index >= 15 is 0 Å². The number of rotatable bonds is 4. The van der Waals surface area contributed by atoms with Gasteiger partial charge in [-0.05, 0) is 54.7 Å². The summed E-state index contributed by atoms with van der Waals surface area (Å²) >= 11 is 0. The minimum Gasteiger partial charge on any atom is -0.350 e. The number of nitrogens with one attached hydrogen (secondary N) is 2.